The number of rotatable bonds is 4. The van der Waals surface area contributed by atoms with E-state index in [-0.39, 0.29) is 0 Å². The van der Waals surface area contributed by atoms with E-state index in [2.05, 4.69) is 5.10 Å². The fourth-order valence-electron chi connectivity index (χ4n) is 1.93. The summed E-state index contributed by atoms with van der Waals surface area (Å²) in [6.07, 6.45) is 0. The van der Waals surface area contributed by atoms with Crippen LogP contribution in [0.15, 0.2) is 18.2 Å². The molecule has 0 amide bonds. The maximum atomic E-state index is 5.95. The fourth-order valence-corrected chi connectivity index (χ4v) is 2.23. The molecule has 0 spiro atoms. The highest BCUT2D eigenvalue weighted by Gasteiger charge is 2.16. The van der Waals surface area contributed by atoms with Gasteiger partial charge in [-0.3, -0.25) is 0 Å². The first-order valence-electron chi connectivity index (χ1n) is 5.97. The van der Waals surface area contributed by atoms with Gasteiger partial charge in [0.1, 0.15) is 0 Å². The zero-order chi connectivity index (χ0) is 14.0. The molecule has 1 aromatic carbocycles. The van der Waals surface area contributed by atoms with Crippen LogP contribution in [0.1, 0.15) is 16.8 Å². The van der Waals surface area contributed by atoms with E-state index in [4.69, 9.17) is 21.1 Å². The van der Waals surface area contributed by atoms with E-state index in [1.807, 2.05) is 39.1 Å². The van der Waals surface area contributed by atoms with Gasteiger partial charge in [-0.25, -0.2) is 4.68 Å². The molecule has 1 aromatic heterocycles. The van der Waals surface area contributed by atoms with E-state index in [1.165, 1.54) is 0 Å². The Morgan fingerprint density at radius 2 is 2.00 bits per heavy atom. The third kappa shape index (κ3) is 2.68. The highest BCUT2D eigenvalue weighted by molar-refractivity contribution is 6.17. The molecule has 5 heteroatoms. The molecule has 2 aromatic rings. The zero-order valence-corrected chi connectivity index (χ0v) is 12.3. The van der Waals surface area contributed by atoms with Crippen molar-refractivity contribution in [1.29, 1.82) is 0 Å². The summed E-state index contributed by atoms with van der Waals surface area (Å²) in [5, 5.41) is 4.32. The Balaban J connectivity index is 2.41. The molecule has 0 atom stereocenters. The number of methoxy groups -OCH3 is 1. The average molecular weight is 281 g/mol. The molecule has 19 heavy (non-hydrogen) atoms. The number of aromatic nitrogens is 2. The molecule has 4 nitrogen and oxygen atoms in total. The molecular weight excluding hydrogens is 264 g/mol. The van der Waals surface area contributed by atoms with E-state index in [0.717, 1.165) is 16.8 Å². The average Bonchev–Trinajstić information content (AvgIpc) is 2.65. The number of nitrogens with zero attached hydrogens (tertiary/aromatic N) is 2. The maximum absolute atomic E-state index is 5.95. The van der Waals surface area contributed by atoms with Crippen molar-refractivity contribution >= 4 is 11.6 Å². The Morgan fingerprint density at radius 3 is 2.63 bits per heavy atom. The molecule has 102 valence electrons. The Labute approximate surface area is 117 Å². The van der Waals surface area contributed by atoms with Gasteiger partial charge in [-0.05, 0) is 31.5 Å². The highest BCUT2D eigenvalue weighted by atomic mass is 35.5. The van der Waals surface area contributed by atoms with Crippen molar-refractivity contribution < 1.29 is 9.47 Å². The zero-order valence-electron chi connectivity index (χ0n) is 11.5. The maximum Gasteiger partial charge on any atom is 0.222 e. The number of hydrogen-bond donors (Lipinski definition) is 0. The van der Waals surface area contributed by atoms with Crippen LogP contribution in [0.2, 0.25) is 0 Å². The Kier molecular flexibility index (Phi) is 4.00. The molecular formula is C14H17ClN2O2. The smallest absolute Gasteiger partial charge is 0.222 e. The molecule has 1 heterocycles. The standard InChI is InChI=1S/C14H17ClN2O2/c1-9-5-6-12(13(7-9)18-4)19-14-11(8-15)10(2)16-17(14)3/h5-7H,8H2,1-4H3. The van der Waals surface area contributed by atoms with Gasteiger partial charge in [-0.15, -0.1) is 11.6 Å². The quantitative estimate of drug-likeness (QED) is 0.803. The Morgan fingerprint density at radius 1 is 1.26 bits per heavy atom. The van der Waals surface area contributed by atoms with Crippen LogP contribution in [0.4, 0.5) is 0 Å². The lowest BCUT2D eigenvalue weighted by atomic mass is 10.2. The summed E-state index contributed by atoms with van der Waals surface area (Å²) < 4.78 is 12.9. The highest BCUT2D eigenvalue weighted by Crippen LogP contribution is 2.34. The lowest BCUT2D eigenvalue weighted by Gasteiger charge is -2.12. The van der Waals surface area contributed by atoms with Gasteiger partial charge in [0.05, 0.1) is 24.2 Å². The second kappa shape index (κ2) is 5.53. The van der Waals surface area contributed by atoms with Gasteiger partial charge in [-0.1, -0.05) is 6.07 Å². The molecule has 0 fully saturated rings. The van der Waals surface area contributed by atoms with E-state index in [9.17, 15) is 0 Å². The first-order chi connectivity index (χ1) is 9.06. The minimum Gasteiger partial charge on any atom is -0.493 e. The van der Waals surface area contributed by atoms with Gasteiger partial charge in [0.15, 0.2) is 11.5 Å². The number of alkyl halides is 1. The van der Waals surface area contributed by atoms with Crippen molar-refractivity contribution in [3.63, 3.8) is 0 Å². The lowest BCUT2D eigenvalue weighted by Crippen LogP contribution is -1.98. The van der Waals surface area contributed by atoms with Crippen LogP contribution < -0.4 is 9.47 Å². The van der Waals surface area contributed by atoms with Crippen molar-refractivity contribution in [1.82, 2.24) is 9.78 Å². The molecule has 2 rings (SSSR count). The van der Waals surface area contributed by atoms with Crippen molar-refractivity contribution in [2.75, 3.05) is 7.11 Å². The fraction of sp³-hybridized carbons (Fsp3) is 0.357. The number of halogens is 1. The van der Waals surface area contributed by atoms with Crippen molar-refractivity contribution in [2.24, 2.45) is 7.05 Å². The molecule has 0 aliphatic rings. The van der Waals surface area contributed by atoms with E-state index in [0.29, 0.717) is 23.3 Å². The van der Waals surface area contributed by atoms with Crippen LogP contribution >= 0.6 is 11.6 Å². The van der Waals surface area contributed by atoms with Crippen LogP contribution in [0.25, 0.3) is 0 Å². The predicted molar refractivity (Wildman–Crippen MR) is 75.3 cm³/mol. The summed E-state index contributed by atoms with van der Waals surface area (Å²) in [5.41, 5.74) is 2.88. The van der Waals surface area contributed by atoms with Gasteiger partial charge in [0.25, 0.3) is 0 Å². The summed E-state index contributed by atoms with van der Waals surface area (Å²) >= 11 is 5.95. The van der Waals surface area contributed by atoms with Gasteiger partial charge >= 0.3 is 0 Å². The van der Waals surface area contributed by atoms with Crippen LogP contribution in [-0.4, -0.2) is 16.9 Å². The Hall–Kier alpha value is -1.68. The lowest BCUT2D eigenvalue weighted by molar-refractivity contribution is 0.364. The van der Waals surface area contributed by atoms with Crippen molar-refractivity contribution in [3.05, 3.63) is 35.0 Å². The molecule has 0 aliphatic heterocycles. The van der Waals surface area contributed by atoms with Crippen molar-refractivity contribution in [2.45, 2.75) is 19.7 Å². The monoisotopic (exact) mass is 280 g/mol. The topological polar surface area (TPSA) is 36.3 Å². The van der Waals surface area contributed by atoms with Gasteiger partial charge in [-0.2, -0.15) is 5.10 Å². The number of benzene rings is 1. The second-order valence-electron chi connectivity index (χ2n) is 4.38. The molecule has 0 radical (unpaired) electrons. The van der Waals surface area contributed by atoms with Crippen LogP contribution in [0.5, 0.6) is 17.4 Å². The first-order valence-corrected chi connectivity index (χ1v) is 6.51. The summed E-state index contributed by atoms with van der Waals surface area (Å²) in [7, 11) is 3.46. The second-order valence-corrected chi connectivity index (χ2v) is 4.65. The Bertz CT molecular complexity index is 593. The molecule has 0 bridgehead atoms. The van der Waals surface area contributed by atoms with Gasteiger partial charge in [0.2, 0.25) is 5.88 Å². The number of aryl methyl sites for hydroxylation is 3. The van der Waals surface area contributed by atoms with Crippen LogP contribution in [0.3, 0.4) is 0 Å². The SMILES string of the molecule is COc1cc(C)ccc1Oc1c(CCl)c(C)nn1C. The third-order valence-electron chi connectivity index (χ3n) is 2.95. The van der Waals surface area contributed by atoms with E-state index >= 15 is 0 Å². The summed E-state index contributed by atoms with van der Waals surface area (Å²) in [5.74, 6) is 2.36. The van der Waals surface area contributed by atoms with E-state index < -0.39 is 0 Å². The van der Waals surface area contributed by atoms with Gasteiger partial charge in [0, 0.05) is 7.05 Å². The molecule has 0 aliphatic carbocycles. The number of ether oxygens (including phenoxy) is 2. The summed E-state index contributed by atoms with van der Waals surface area (Å²) in [4.78, 5) is 0. The minimum atomic E-state index is 0.364. The van der Waals surface area contributed by atoms with E-state index in [1.54, 1.807) is 11.8 Å². The number of hydrogen-bond acceptors (Lipinski definition) is 3. The summed E-state index contributed by atoms with van der Waals surface area (Å²) in [6, 6.07) is 5.79. The largest absolute Gasteiger partial charge is 0.493 e. The predicted octanol–water partition coefficient (Wildman–Crippen LogP) is 3.58. The third-order valence-corrected chi connectivity index (χ3v) is 3.22. The summed E-state index contributed by atoms with van der Waals surface area (Å²) in [6.45, 7) is 3.92. The van der Waals surface area contributed by atoms with Crippen molar-refractivity contribution in [3.8, 4) is 17.4 Å². The minimum absolute atomic E-state index is 0.364. The van der Waals surface area contributed by atoms with Gasteiger partial charge < -0.3 is 9.47 Å². The van der Waals surface area contributed by atoms with Crippen LogP contribution in [0, 0.1) is 13.8 Å². The molecule has 0 saturated carbocycles. The first kappa shape index (κ1) is 13.7. The molecule has 0 saturated heterocycles. The normalized spacial score (nSPS) is 10.6. The molecule has 0 unspecified atom stereocenters. The molecule has 0 N–H and O–H groups in total. The van der Waals surface area contributed by atoms with Crippen LogP contribution in [-0.2, 0) is 12.9 Å².